The third kappa shape index (κ3) is 13.4. The number of aliphatic hydroxyl groups is 16. The molecular formula is C64H104O30. The average Bonchev–Trinajstić information content (AvgIpc) is 1.34. The highest BCUT2D eigenvalue weighted by Gasteiger charge is 2.69. The van der Waals surface area contributed by atoms with Crippen LogP contribution in [0, 0.1) is 45.3 Å². The van der Waals surface area contributed by atoms with E-state index in [0.717, 1.165) is 37.7 Å². The SMILES string of the molecule is C=C(CCC(C)C1CCC2(C(=O)O)C3=C(CCC12C)C1(C)CCC(OC2OCC(O)C(OC4OCC(OC5OC(CO)C(OC6OC(CO)C(O)C(O)C6OC6OCC(O)C(O)C6O)C(O)C5O)C(O)C4O)C2OC2OC(CO)C(O)C(O)C2O)C(C)(C)C1CC3)C(C)C. The maximum atomic E-state index is 14.1. The standard InChI is InChI=1S/C64H104O30/c1-25(2)26(3)9-10-27(4)28-14-18-64(60(81)82)30-11-12-37-61(5,6)38(15-16-62(37,7)29(30)13-17-63(28,64)8)90-58-53(94-57-48(79)43(74)40(71)33(19-65)86-57)50(32(69)23-84-58)91-55-47(78)42(73)36(24-85-55)89-56-49(80)45(76)51(35(21-67)88-56)92-59-52(44(75)41(72)34(20-66)87-59)93-54-46(77)39(70)31(68)22-83-54/h25,27-28,31-59,65-80H,3,9-24H2,1-2,4-8H3,(H,81,82). The van der Waals surface area contributed by atoms with Crippen molar-refractivity contribution in [2.75, 3.05) is 39.6 Å². The minimum Gasteiger partial charge on any atom is -0.481 e. The van der Waals surface area contributed by atoms with E-state index in [1.165, 1.54) is 11.1 Å². The molecule has 6 heterocycles. The lowest BCUT2D eigenvalue weighted by molar-refractivity contribution is -0.395. The molecular weight excluding hydrogens is 1250 g/mol. The second-order valence-corrected chi connectivity index (χ2v) is 29.4. The molecule has 34 atom stereocenters. The molecule has 0 amide bonds. The van der Waals surface area contributed by atoms with E-state index in [0.29, 0.717) is 43.9 Å². The number of hydrogen-bond donors (Lipinski definition) is 17. The molecule has 34 unspecified atom stereocenters. The Kier molecular flexibility index (Phi) is 23.3. The molecule has 540 valence electrons. The summed E-state index contributed by atoms with van der Waals surface area (Å²) in [5, 5.41) is 186. The van der Waals surface area contributed by atoms with E-state index in [-0.39, 0.29) is 11.8 Å². The summed E-state index contributed by atoms with van der Waals surface area (Å²) < 4.78 is 71.9. The normalized spacial score (nSPS) is 50.2. The highest BCUT2D eigenvalue weighted by molar-refractivity contribution is 5.82. The first kappa shape index (κ1) is 74.5. The lowest BCUT2D eigenvalue weighted by Crippen LogP contribution is -2.67. The van der Waals surface area contributed by atoms with E-state index in [4.69, 9.17) is 56.8 Å². The Balaban J connectivity index is 0.835. The van der Waals surface area contributed by atoms with Gasteiger partial charge in [0, 0.05) is 0 Å². The fourth-order valence-electron chi connectivity index (χ4n) is 17.7. The molecule has 0 aromatic rings. The summed E-state index contributed by atoms with van der Waals surface area (Å²) in [5.41, 5.74) is 0.962. The molecule has 17 N–H and O–H groups in total. The summed E-state index contributed by atoms with van der Waals surface area (Å²) in [6, 6.07) is 0. The summed E-state index contributed by atoms with van der Waals surface area (Å²) in [7, 11) is 0. The predicted octanol–water partition coefficient (Wildman–Crippen LogP) is -3.35. The molecule has 30 heteroatoms. The molecule has 0 radical (unpaired) electrons. The number of carbonyl (C=O) groups is 1. The molecule has 94 heavy (non-hydrogen) atoms. The van der Waals surface area contributed by atoms with Crippen molar-refractivity contribution in [3.63, 3.8) is 0 Å². The van der Waals surface area contributed by atoms with Crippen LogP contribution >= 0.6 is 0 Å². The van der Waals surface area contributed by atoms with Crippen molar-refractivity contribution >= 4 is 5.97 Å². The van der Waals surface area contributed by atoms with Gasteiger partial charge in [0.1, 0.15) is 128 Å². The first-order chi connectivity index (χ1) is 44.3. The first-order valence-electron chi connectivity index (χ1n) is 33.4. The van der Waals surface area contributed by atoms with Gasteiger partial charge in [0.25, 0.3) is 0 Å². The Morgan fingerprint density at radius 2 is 1.04 bits per heavy atom. The molecule has 30 nitrogen and oxygen atoms in total. The quantitative estimate of drug-likeness (QED) is 0.0499. The van der Waals surface area contributed by atoms with Crippen LogP contribution in [0.3, 0.4) is 0 Å². The van der Waals surface area contributed by atoms with Crippen LogP contribution in [0.5, 0.6) is 0 Å². The zero-order valence-corrected chi connectivity index (χ0v) is 54.4. The van der Waals surface area contributed by atoms with Gasteiger partial charge in [-0.15, -0.1) is 0 Å². The molecule has 8 fully saturated rings. The predicted molar refractivity (Wildman–Crippen MR) is 317 cm³/mol. The van der Waals surface area contributed by atoms with Gasteiger partial charge in [-0.3, -0.25) is 4.79 Å². The number of aliphatic hydroxyl groups excluding tert-OH is 16. The Labute approximate surface area is 545 Å². The number of aliphatic carboxylic acids is 1. The van der Waals surface area contributed by atoms with Crippen LogP contribution < -0.4 is 0 Å². The monoisotopic (exact) mass is 1350 g/mol. The average molecular weight is 1350 g/mol. The molecule has 6 saturated heterocycles. The van der Waals surface area contributed by atoms with Crippen LogP contribution in [0.1, 0.15) is 113 Å². The second kappa shape index (κ2) is 29.4. The van der Waals surface area contributed by atoms with Crippen LogP contribution in [0.25, 0.3) is 0 Å². The number of hydrogen-bond acceptors (Lipinski definition) is 29. The molecule has 4 aliphatic carbocycles. The molecule has 0 aromatic carbocycles. The molecule has 0 aromatic heterocycles. The van der Waals surface area contributed by atoms with E-state index in [1.54, 1.807) is 0 Å². The van der Waals surface area contributed by atoms with Gasteiger partial charge < -0.3 is 144 Å². The summed E-state index contributed by atoms with van der Waals surface area (Å²) in [6.45, 7) is 15.2. The fraction of sp³-hybridized carbons (Fsp3) is 0.922. The van der Waals surface area contributed by atoms with Crippen LogP contribution in [-0.2, 0) is 61.6 Å². The zero-order chi connectivity index (χ0) is 68.6. The maximum Gasteiger partial charge on any atom is 0.314 e. The van der Waals surface area contributed by atoms with E-state index in [1.807, 2.05) is 0 Å². The third-order valence-corrected chi connectivity index (χ3v) is 23.5. The van der Waals surface area contributed by atoms with E-state index >= 15 is 0 Å². The van der Waals surface area contributed by atoms with Crippen molar-refractivity contribution in [1.82, 2.24) is 0 Å². The molecule has 0 bridgehead atoms. The van der Waals surface area contributed by atoms with Gasteiger partial charge in [-0.1, -0.05) is 71.8 Å². The minimum atomic E-state index is -2.10. The van der Waals surface area contributed by atoms with Crippen molar-refractivity contribution < 1.29 is 148 Å². The van der Waals surface area contributed by atoms with Crippen molar-refractivity contribution in [3.05, 3.63) is 23.3 Å². The number of carboxylic acid groups (broad SMARTS) is 1. The Bertz CT molecular complexity index is 2600. The highest BCUT2D eigenvalue weighted by Crippen LogP contribution is 2.73. The fourth-order valence-corrected chi connectivity index (χ4v) is 17.7. The van der Waals surface area contributed by atoms with Gasteiger partial charge >= 0.3 is 5.97 Å². The lowest BCUT2D eigenvalue weighted by atomic mass is 9.43. The van der Waals surface area contributed by atoms with Gasteiger partial charge in [-0.25, -0.2) is 0 Å². The first-order valence-corrected chi connectivity index (χ1v) is 33.4. The summed E-state index contributed by atoms with van der Waals surface area (Å²) in [6.07, 6.45) is -41.8. The van der Waals surface area contributed by atoms with Crippen LogP contribution in [-0.4, -0.2) is 304 Å². The minimum absolute atomic E-state index is 0.0318. The zero-order valence-electron chi connectivity index (χ0n) is 54.4. The van der Waals surface area contributed by atoms with E-state index < -0.39 is 239 Å². The van der Waals surface area contributed by atoms with Crippen molar-refractivity contribution in [2.24, 2.45) is 45.3 Å². The Morgan fingerprint density at radius 1 is 0.511 bits per heavy atom. The summed E-state index contributed by atoms with van der Waals surface area (Å²) in [4.78, 5) is 14.1. The third-order valence-electron chi connectivity index (χ3n) is 23.5. The highest BCUT2D eigenvalue weighted by atomic mass is 16.8. The number of ether oxygens (including phenoxy) is 12. The molecule has 10 aliphatic rings. The van der Waals surface area contributed by atoms with Gasteiger partial charge in [0.2, 0.25) is 0 Å². The topological polar surface area (TPSA) is 472 Å². The molecule has 10 rings (SSSR count). The molecule has 2 saturated carbocycles. The summed E-state index contributed by atoms with van der Waals surface area (Å²) >= 11 is 0. The number of carboxylic acids is 1. The number of rotatable bonds is 21. The van der Waals surface area contributed by atoms with Crippen molar-refractivity contribution in [2.45, 2.75) is 285 Å². The van der Waals surface area contributed by atoms with E-state index in [2.05, 4.69) is 55.0 Å². The maximum absolute atomic E-state index is 14.1. The number of fused-ring (bicyclic) bond motifs is 4. The Morgan fingerprint density at radius 3 is 1.69 bits per heavy atom. The van der Waals surface area contributed by atoms with Gasteiger partial charge in [-0.05, 0) is 104 Å². The van der Waals surface area contributed by atoms with Gasteiger partial charge in [0.05, 0.1) is 51.2 Å². The number of allylic oxidation sites excluding steroid dienone is 2. The smallest absolute Gasteiger partial charge is 0.314 e. The molecule has 6 aliphatic heterocycles. The van der Waals surface area contributed by atoms with Crippen LogP contribution in [0.2, 0.25) is 0 Å². The van der Waals surface area contributed by atoms with Crippen LogP contribution in [0.4, 0.5) is 0 Å². The second-order valence-electron chi connectivity index (χ2n) is 29.4. The Hall–Kier alpha value is -2.17. The van der Waals surface area contributed by atoms with E-state index in [9.17, 15) is 91.6 Å². The molecule has 0 spiro atoms. The van der Waals surface area contributed by atoms with Crippen molar-refractivity contribution in [3.8, 4) is 0 Å². The van der Waals surface area contributed by atoms with Crippen LogP contribution in [0.15, 0.2) is 23.3 Å². The lowest BCUT2D eigenvalue weighted by Gasteiger charge is -2.62. The van der Waals surface area contributed by atoms with Crippen molar-refractivity contribution in [1.29, 1.82) is 0 Å². The van der Waals surface area contributed by atoms with Gasteiger partial charge in [0.15, 0.2) is 37.7 Å². The largest absolute Gasteiger partial charge is 0.481 e. The summed E-state index contributed by atoms with van der Waals surface area (Å²) in [5.74, 6) is 0.103. The van der Waals surface area contributed by atoms with Gasteiger partial charge in [-0.2, -0.15) is 0 Å².